The third kappa shape index (κ3) is 3.10. The van der Waals surface area contributed by atoms with Crippen molar-refractivity contribution in [2.24, 2.45) is 10.5 Å². The summed E-state index contributed by atoms with van der Waals surface area (Å²) in [6, 6.07) is 0. The molecule has 0 aromatic rings. The van der Waals surface area contributed by atoms with E-state index in [4.69, 9.17) is 4.43 Å². The van der Waals surface area contributed by atoms with Gasteiger partial charge in [0.2, 0.25) is 20.1 Å². The minimum atomic E-state index is -1.79. The highest BCUT2D eigenvalue weighted by Gasteiger charge is 2.53. The molecule has 0 saturated heterocycles. The predicted octanol–water partition coefficient (Wildman–Crippen LogP) is 3.63. The summed E-state index contributed by atoms with van der Waals surface area (Å²) in [6.07, 6.45) is 1.51. The van der Waals surface area contributed by atoms with Gasteiger partial charge in [0, 0.05) is 0 Å². The molecule has 0 saturated carbocycles. The molecule has 0 fully saturated rings. The molecule has 1 aliphatic rings. The lowest BCUT2D eigenvalue weighted by Gasteiger charge is -2.31. The number of carbonyl (C=O) groups is 1. The smallest absolute Gasteiger partial charge is 0.250 e. The van der Waals surface area contributed by atoms with Crippen LogP contribution in [0.25, 0.3) is 0 Å². The van der Waals surface area contributed by atoms with E-state index in [1.165, 1.54) is 0 Å². The molecule has 0 bridgehead atoms. The molecule has 0 aromatic heterocycles. The fourth-order valence-electron chi connectivity index (χ4n) is 2.24. The molecule has 1 heterocycles. The monoisotopic (exact) mass is 300 g/mol. The van der Waals surface area contributed by atoms with Crippen molar-refractivity contribution < 1.29 is 9.22 Å². The summed E-state index contributed by atoms with van der Waals surface area (Å²) in [5, 5.41) is 4.60. The van der Waals surface area contributed by atoms with Crippen molar-refractivity contribution in [2.75, 3.05) is 0 Å². The van der Waals surface area contributed by atoms with E-state index in [9.17, 15) is 4.79 Å². The maximum absolute atomic E-state index is 12.8. The lowest BCUT2D eigenvalue weighted by Crippen LogP contribution is -2.49. The van der Waals surface area contributed by atoms with Crippen molar-refractivity contribution in [2.45, 2.75) is 66.0 Å². The minimum Gasteiger partial charge on any atom is -0.533 e. The Balaban J connectivity index is 3.24. The highest BCUT2D eigenvalue weighted by atomic mass is 28.4. The Bertz CT molecular complexity index is 390. The van der Waals surface area contributed by atoms with E-state index >= 15 is 0 Å². The summed E-state index contributed by atoms with van der Waals surface area (Å²) >= 11 is 0. The van der Waals surface area contributed by atoms with Crippen molar-refractivity contribution in [3.05, 3.63) is 0 Å². The van der Waals surface area contributed by atoms with Gasteiger partial charge in [0.05, 0.1) is 0 Å². The van der Waals surface area contributed by atoms with Gasteiger partial charge in [-0.05, 0) is 52.1 Å². The molecule has 0 N–H and O–H groups in total. The Kier molecular flexibility index (Phi) is 4.37. The molecular weight excluding hydrogens is 272 g/mol. The number of hydrogen-bond acceptors (Lipinski definition) is 3. The fraction of sp³-hybridized carbons (Fsp3) is 0.846. The summed E-state index contributed by atoms with van der Waals surface area (Å²) in [5.41, 5.74) is -0.527. The Morgan fingerprint density at radius 2 is 1.58 bits per heavy atom. The third-order valence-corrected chi connectivity index (χ3v) is 5.83. The summed E-state index contributed by atoms with van der Waals surface area (Å²) < 4.78 is 7.89. The van der Waals surface area contributed by atoms with Crippen LogP contribution < -0.4 is 0 Å². The summed E-state index contributed by atoms with van der Waals surface area (Å²) in [6.45, 7) is 16.9. The van der Waals surface area contributed by atoms with Gasteiger partial charge in [-0.25, -0.2) is 0 Å². The highest BCUT2D eigenvalue weighted by Crippen LogP contribution is 2.39. The first kappa shape index (κ1) is 16.4. The van der Waals surface area contributed by atoms with Crippen molar-refractivity contribution in [3.63, 3.8) is 0 Å². The third-order valence-electron chi connectivity index (χ3n) is 3.45. The number of rotatable bonds is 4. The van der Waals surface area contributed by atoms with Crippen LogP contribution in [0.1, 0.15) is 26.7 Å². The number of hydrazone groups is 1. The topological polar surface area (TPSA) is 41.9 Å². The molecule has 1 amide bonds. The lowest BCUT2D eigenvalue weighted by atomic mass is 9.82. The molecule has 4 nitrogen and oxygen atoms in total. The van der Waals surface area contributed by atoms with Crippen LogP contribution in [0.4, 0.5) is 0 Å². The maximum atomic E-state index is 12.8. The van der Waals surface area contributed by atoms with Gasteiger partial charge in [0.1, 0.15) is 5.41 Å². The number of nitrogens with zero attached hydrogens (tertiary/aromatic N) is 2. The van der Waals surface area contributed by atoms with E-state index < -0.39 is 22.0 Å². The number of hydrogen-bond donors (Lipinski definition) is 0. The highest BCUT2D eigenvalue weighted by molar-refractivity contribution is 6.76. The number of carbonyl (C=O) groups excluding carboxylic acids is 1. The Hall–Kier alpha value is -0.626. The molecule has 0 aliphatic carbocycles. The largest absolute Gasteiger partial charge is 0.533 e. The fourth-order valence-corrected chi connectivity index (χ4v) is 4.27. The van der Waals surface area contributed by atoms with Crippen molar-refractivity contribution >= 4 is 28.4 Å². The summed E-state index contributed by atoms with van der Waals surface area (Å²) in [4.78, 5) is 12.8. The molecule has 1 aliphatic heterocycles. The first-order valence-electron chi connectivity index (χ1n) is 7.10. The molecule has 0 radical (unpaired) electrons. The Morgan fingerprint density at radius 1 is 1.11 bits per heavy atom. The molecule has 0 atom stereocenters. The summed E-state index contributed by atoms with van der Waals surface area (Å²) in [7, 11) is -3.55. The molecule has 19 heavy (non-hydrogen) atoms. The standard InChI is InChI=1S/C13H28N2O2Si2/c1-9-13(10-2)11(17-19(6,7)8)14-15(12(13)16)18(3,4)5/h9-10H2,1-8H3. The van der Waals surface area contributed by atoms with E-state index in [1.807, 2.05) is 0 Å². The SMILES string of the molecule is CCC1(CC)C(=O)N([Si](C)(C)C)N=C1O[Si](C)(C)C. The van der Waals surface area contributed by atoms with E-state index in [2.05, 4.69) is 58.2 Å². The zero-order valence-electron chi connectivity index (χ0n) is 13.6. The average molecular weight is 301 g/mol. The molecule has 110 valence electrons. The zero-order valence-corrected chi connectivity index (χ0v) is 15.6. The molecule has 0 unspecified atom stereocenters. The molecule has 0 spiro atoms. The van der Waals surface area contributed by atoms with Gasteiger partial charge >= 0.3 is 0 Å². The van der Waals surface area contributed by atoms with Crippen LogP contribution in [0.5, 0.6) is 0 Å². The molecule has 0 aromatic carbocycles. The van der Waals surface area contributed by atoms with Gasteiger partial charge in [-0.1, -0.05) is 13.8 Å². The molecular formula is C13H28N2O2Si2. The first-order valence-corrected chi connectivity index (χ1v) is 14.0. The lowest BCUT2D eigenvalue weighted by molar-refractivity contribution is -0.132. The van der Waals surface area contributed by atoms with Gasteiger partial charge in [-0.2, -0.15) is 0 Å². The van der Waals surface area contributed by atoms with Crippen LogP contribution in [0.3, 0.4) is 0 Å². The van der Waals surface area contributed by atoms with E-state index in [0.717, 1.165) is 12.8 Å². The maximum Gasteiger partial charge on any atom is 0.250 e. The molecule has 1 rings (SSSR count). The van der Waals surface area contributed by atoms with Crippen LogP contribution in [-0.4, -0.2) is 33.0 Å². The van der Waals surface area contributed by atoms with Crippen LogP contribution in [0.2, 0.25) is 39.3 Å². The van der Waals surface area contributed by atoms with Crippen LogP contribution >= 0.6 is 0 Å². The number of amides is 1. The van der Waals surface area contributed by atoms with Crippen LogP contribution in [-0.2, 0) is 9.22 Å². The van der Waals surface area contributed by atoms with E-state index in [1.54, 1.807) is 4.67 Å². The quantitative estimate of drug-likeness (QED) is 0.744. The van der Waals surface area contributed by atoms with Crippen LogP contribution in [0.15, 0.2) is 5.10 Å². The minimum absolute atomic E-state index is 0.143. The Labute approximate surface area is 119 Å². The second-order valence-electron chi connectivity index (χ2n) is 7.20. The van der Waals surface area contributed by atoms with Gasteiger partial charge in [-0.3, -0.25) is 9.47 Å². The van der Waals surface area contributed by atoms with Crippen molar-refractivity contribution in [1.82, 2.24) is 4.67 Å². The van der Waals surface area contributed by atoms with Gasteiger partial charge in [0.15, 0.2) is 8.24 Å². The second-order valence-corrected chi connectivity index (χ2v) is 16.4. The zero-order chi connectivity index (χ0) is 15.1. The van der Waals surface area contributed by atoms with E-state index in [0.29, 0.717) is 5.90 Å². The van der Waals surface area contributed by atoms with Crippen molar-refractivity contribution in [1.29, 1.82) is 0 Å². The van der Waals surface area contributed by atoms with E-state index in [-0.39, 0.29) is 5.91 Å². The van der Waals surface area contributed by atoms with Crippen LogP contribution in [0, 0.1) is 5.41 Å². The Morgan fingerprint density at radius 3 is 1.89 bits per heavy atom. The first-order chi connectivity index (χ1) is 8.48. The van der Waals surface area contributed by atoms with Crippen molar-refractivity contribution in [3.8, 4) is 0 Å². The molecule has 6 heteroatoms. The second kappa shape index (κ2) is 5.05. The summed E-state index contributed by atoms with van der Waals surface area (Å²) in [5.74, 6) is 0.814. The van der Waals surface area contributed by atoms with Gasteiger partial charge < -0.3 is 4.43 Å². The normalized spacial score (nSPS) is 19.7. The predicted molar refractivity (Wildman–Crippen MR) is 85.1 cm³/mol. The average Bonchev–Trinajstić information content (AvgIpc) is 2.49. The van der Waals surface area contributed by atoms with Gasteiger partial charge in [-0.15, -0.1) is 5.10 Å². The van der Waals surface area contributed by atoms with Gasteiger partial charge in [0.25, 0.3) is 0 Å².